The van der Waals surface area contributed by atoms with Gasteiger partial charge < -0.3 is 9.47 Å². The summed E-state index contributed by atoms with van der Waals surface area (Å²) in [5, 5.41) is 10.6. The molecule has 1 unspecified atom stereocenters. The van der Waals surface area contributed by atoms with Crippen LogP contribution in [0, 0.1) is 15.9 Å². The molecule has 1 aromatic rings. The Morgan fingerprint density at radius 3 is 2.82 bits per heavy atom. The van der Waals surface area contributed by atoms with Crippen LogP contribution in [0.25, 0.3) is 0 Å². The van der Waals surface area contributed by atoms with Crippen LogP contribution in [-0.2, 0) is 9.53 Å². The van der Waals surface area contributed by atoms with Crippen LogP contribution < -0.4 is 4.74 Å². The normalized spacial score (nSPS) is 11.7. The Labute approximate surface area is 95.3 Å². The van der Waals surface area contributed by atoms with Crippen LogP contribution in [0.5, 0.6) is 5.88 Å². The van der Waals surface area contributed by atoms with Crippen LogP contribution in [0.1, 0.15) is 6.92 Å². The van der Waals surface area contributed by atoms with Crippen LogP contribution in [-0.4, -0.2) is 29.1 Å². The summed E-state index contributed by atoms with van der Waals surface area (Å²) in [4.78, 5) is 24.2. The van der Waals surface area contributed by atoms with E-state index in [1.807, 2.05) is 0 Å². The lowest BCUT2D eigenvalue weighted by atomic mass is 10.4. The van der Waals surface area contributed by atoms with Crippen molar-refractivity contribution in [2.45, 2.75) is 13.0 Å². The minimum absolute atomic E-state index is 0.436. The number of ether oxygens (including phenoxy) is 2. The number of nitro groups is 1. The summed E-state index contributed by atoms with van der Waals surface area (Å²) in [6.45, 7) is 1.33. The maximum absolute atomic E-state index is 12.8. The molecule has 7 nitrogen and oxygen atoms in total. The molecule has 0 saturated carbocycles. The number of pyridine rings is 1. The quantitative estimate of drug-likeness (QED) is 0.447. The summed E-state index contributed by atoms with van der Waals surface area (Å²) < 4.78 is 22.0. The number of aromatic nitrogens is 1. The van der Waals surface area contributed by atoms with Crippen LogP contribution in [0.15, 0.2) is 12.3 Å². The first kappa shape index (κ1) is 12.8. The van der Waals surface area contributed by atoms with E-state index in [1.54, 1.807) is 0 Å². The first-order valence-electron chi connectivity index (χ1n) is 4.50. The van der Waals surface area contributed by atoms with Crippen molar-refractivity contribution in [1.82, 2.24) is 4.98 Å². The van der Waals surface area contributed by atoms with Gasteiger partial charge in [0.2, 0.25) is 0 Å². The van der Waals surface area contributed by atoms with E-state index in [0.717, 1.165) is 13.3 Å². The highest BCUT2D eigenvalue weighted by molar-refractivity contribution is 5.74. The average Bonchev–Trinajstić information content (AvgIpc) is 2.29. The summed E-state index contributed by atoms with van der Waals surface area (Å²) in [6.07, 6.45) is -0.316. The summed E-state index contributed by atoms with van der Waals surface area (Å²) in [5.74, 6) is -2.02. The molecule has 1 atom stereocenters. The lowest BCUT2D eigenvalue weighted by molar-refractivity contribution is -0.386. The van der Waals surface area contributed by atoms with Crippen LogP contribution >= 0.6 is 0 Å². The van der Waals surface area contributed by atoms with Gasteiger partial charge in [-0.2, -0.15) is 0 Å². The minimum Gasteiger partial charge on any atom is -0.466 e. The molecular formula is C9H9FN2O5. The number of esters is 1. The highest BCUT2D eigenvalue weighted by Gasteiger charge is 2.23. The van der Waals surface area contributed by atoms with E-state index in [1.165, 1.54) is 6.92 Å². The summed E-state index contributed by atoms with van der Waals surface area (Å²) >= 11 is 0. The first-order valence-corrected chi connectivity index (χ1v) is 4.50. The Kier molecular flexibility index (Phi) is 3.91. The van der Waals surface area contributed by atoms with Gasteiger partial charge in [-0.15, -0.1) is 0 Å². The molecule has 17 heavy (non-hydrogen) atoms. The van der Waals surface area contributed by atoms with Gasteiger partial charge in [0.25, 0.3) is 5.88 Å². The Morgan fingerprint density at radius 1 is 1.65 bits per heavy atom. The second-order valence-corrected chi connectivity index (χ2v) is 3.02. The molecule has 0 amide bonds. The van der Waals surface area contributed by atoms with Crippen molar-refractivity contribution in [3.63, 3.8) is 0 Å². The van der Waals surface area contributed by atoms with E-state index in [-0.39, 0.29) is 0 Å². The zero-order valence-corrected chi connectivity index (χ0v) is 9.05. The van der Waals surface area contributed by atoms with Gasteiger partial charge in [0.05, 0.1) is 24.3 Å². The lowest BCUT2D eigenvalue weighted by Crippen LogP contribution is -2.25. The minimum atomic E-state index is -1.07. The smallest absolute Gasteiger partial charge is 0.346 e. The molecule has 0 bridgehead atoms. The highest BCUT2D eigenvalue weighted by Crippen LogP contribution is 2.25. The van der Waals surface area contributed by atoms with Crippen molar-refractivity contribution in [3.8, 4) is 5.88 Å². The monoisotopic (exact) mass is 244 g/mol. The fourth-order valence-corrected chi connectivity index (χ4v) is 1.02. The molecule has 0 aliphatic heterocycles. The SMILES string of the molecule is COC(=O)C(C)Oc1ncc(F)cc1[N+](=O)[O-]. The maximum atomic E-state index is 12.8. The number of hydrogen-bond acceptors (Lipinski definition) is 6. The van der Waals surface area contributed by atoms with Gasteiger partial charge >= 0.3 is 11.7 Å². The number of carbonyl (C=O) groups excluding carboxylic acids is 1. The molecule has 0 radical (unpaired) electrons. The van der Waals surface area contributed by atoms with Gasteiger partial charge in [-0.1, -0.05) is 0 Å². The molecule has 0 saturated heterocycles. The van der Waals surface area contributed by atoms with Crippen LogP contribution in [0.2, 0.25) is 0 Å². The first-order chi connectivity index (χ1) is 7.95. The summed E-state index contributed by atoms with van der Waals surface area (Å²) in [5.41, 5.74) is -0.652. The largest absolute Gasteiger partial charge is 0.466 e. The fraction of sp³-hybridized carbons (Fsp3) is 0.333. The summed E-state index contributed by atoms with van der Waals surface area (Å²) in [7, 11) is 1.15. The standard InChI is InChI=1S/C9H9FN2O5/c1-5(9(13)16-2)17-8-7(12(14)15)3-6(10)4-11-8/h3-5H,1-2H3. The predicted octanol–water partition coefficient (Wildman–Crippen LogP) is 1.07. The molecule has 1 heterocycles. The Bertz CT molecular complexity index is 451. The van der Waals surface area contributed by atoms with Gasteiger partial charge in [0.1, 0.15) is 5.82 Å². The zero-order valence-electron chi connectivity index (χ0n) is 9.05. The average molecular weight is 244 g/mol. The van der Waals surface area contributed by atoms with Gasteiger partial charge in [-0.3, -0.25) is 10.1 Å². The van der Waals surface area contributed by atoms with Crippen molar-refractivity contribution < 1.29 is 23.6 Å². The van der Waals surface area contributed by atoms with Crippen molar-refractivity contribution in [2.75, 3.05) is 7.11 Å². The molecule has 0 spiro atoms. The van der Waals surface area contributed by atoms with Crippen molar-refractivity contribution in [2.24, 2.45) is 0 Å². The summed E-state index contributed by atoms with van der Waals surface area (Å²) in [6, 6.07) is 0.659. The van der Waals surface area contributed by atoms with E-state index in [4.69, 9.17) is 4.74 Å². The van der Waals surface area contributed by atoms with Gasteiger partial charge in [0.15, 0.2) is 6.10 Å². The molecule has 0 aliphatic rings. The maximum Gasteiger partial charge on any atom is 0.346 e. The van der Waals surface area contributed by atoms with E-state index in [0.29, 0.717) is 6.07 Å². The molecule has 1 aromatic heterocycles. The third-order valence-electron chi connectivity index (χ3n) is 1.82. The number of halogens is 1. The lowest BCUT2D eigenvalue weighted by Gasteiger charge is -2.11. The molecule has 0 aromatic carbocycles. The van der Waals surface area contributed by atoms with Crippen LogP contribution in [0.4, 0.5) is 10.1 Å². The second kappa shape index (κ2) is 5.19. The fourth-order valence-electron chi connectivity index (χ4n) is 1.02. The second-order valence-electron chi connectivity index (χ2n) is 3.02. The Morgan fingerprint density at radius 2 is 2.29 bits per heavy atom. The van der Waals surface area contributed by atoms with Crippen molar-refractivity contribution in [3.05, 3.63) is 28.2 Å². The molecule has 0 fully saturated rings. The number of rotatable bonds is 4. The van der Waals surface area contributed by atoms with E-state index >= 15 is 0 Å². The third-order valence-corrected chi connectivity index (χ3v) is 1.82. The van der Waals surface area contributed by atoms with Crippen molar-refractivity contribution >= 4 is 11.7 Å². The molecule has 0 N–H and O–H groups in total. The van der Waals surface area contributed by atoms with Crippen LogP contribution in [0.3, 0.4) is 0 Å². The van der Waals surface area contributed by atoms with Crippen molar-refractivity contribution in [1.29, 1.82) is 0 Å². The third kappa shape index (κ3) is 3.10. The number of methoxy groups -OCH3 is 1. The number of nitrogens with zero attached hydrogens (tertiary/aromatic N) is 2. The van der Waals surface area contributed by atoms with E-state index < -0.39 is 34.4 Å². The molecular weight excluding hydrogens is 235 g/mol. The van der Waals surface area contributed by atoms with Gasteiger partial charge in [-0.25, -0.2) is 14.2 Å². The topological polar surface area (TPSA) is 91.6 Å². The number of hydrogen-bond donors (Lipinski definition) is 0. The predicted molar refractivity (Wildman–Crippen MR) is 53.0 cm³/mol. The molecule has 1 rings (SSSR count). The highest BCUT2D eigenvalue weighted by atomic mass is 19.1. The molecule has 8 heteroatoms. The van der Waals surface area contributed by atoms with Gasteiger partial charge in [0, 0.05) is 0 Å². The Balaban J connectivity index is 2.98. The molecule has 0 aliphatic carbocycles. The molecule has 92 valence electrons. The Hall–Kier alpha value is -2.25. The number of carbonyl (C=O) groups is 1. The van der Waals surface area contributed by atoms with E-state index in [2.05, 4.69) is 9.72 Å². The van der Waals surface area contributed by atoms with E-state index in [9.17, 15) is 19.3 Å². The zero-order chi connectivity index (χ0) is 13.0. The van der Waals surface area contributed by atoms with Gasteiger partial charge in [-0.05, 0) is 6.92 Å².